The Kier molecular flexibility index (Phi) is 4.43. The quantitative estimate of drug-likeness (QED) is 0.809. The Labute approximate surface area is 132 Å². The van der Waals surface area contributed by atoms with Crippen LogP contribution in [0.25, 0.3) is 0 Å². The van der Waals surface area contributed by atoms with Gasteiger partial charge in [-0.3, -0.25) is 4.72 Å². The van der Waals surface area contributed by atoms with E-state index in [1.807, 2.05) is 13.0 Å². The summed E-state index contributed by atoms with van der Waals surface area (Å²) in [5.41, 5.74) is 7.48. The van der Waals surface area contributed by atoms with Crippen molar-refractivity contribution in [3.05, 3.63) is 46.4 Å². The van der Waals surface area contributed by atoms with Gasteiger partial charge in [-0.1, -0.05) is 15.9 Å². The number of anilines is 2. The van der Waals surface area contributed by atoms with E-state index < -0.39 is 10.0 Å². The summed E-state index contributed by atoms with van der Waals surface area (Å²) in [4.78, 5) is 0.0387. The van der Waals surface area contributed by atoms with E-state index >= 15 is 0 Å². The number of nitrogens with one attached hydrogen (secondary N) is 1. The molecule has 2 aromatic carbocycles. The molecule has 0 atom stereocenters. The molecule has 0 saturated carbocycles. The Morgan fingerprint density at radius 2 is 1.90 bits per heavy atom. The fourth-order valence-electron chi connectivity index (χ4n) is 1.91. The third-order valence-electron chi connectivity index (χ3n) is 2.77. The minimum Gasteiger partial charge on any atom is -0.495 e. The lowest BCUT2D eigenvalue weighted by Crippen LogP contribution is -2.14. The maximum atomic E-state index is 12.5. The number of nitrogen functional groups attached to an aromatic ring is 1. The first-order valence-electron chi connectivity index (χ1n) is 6.05. The third kappa shape index (κ3) is 3.68. The predicted molar refractivity (Wildman–Crippen MR) is 87.1 cm³/mol. The molecule has 0 unspecified atom stereocenters. The third-order valence-corrected chi connectivity index (χ3v) is 4.65. The van der Waals surface area contributed by atoms with E-state index in [-0.39, 0.29) is 10.6 Å². The molecule has 0 aliphatic rings. The molecule has 7 heteroatoms. The number of ether oxygens (including phenoxy) is 1. The van der Waals surface area contributed by atoms with E-state index in [9.17, 15) is 8.42 Å². The van der Waals surface area contributed by atoms with Crippen LogP contribution >= 0.6 is 15.9 Å². The van der Waals surface area contributed by atoms with E-state index in [0.29, 0.717) is 11.4 Å². The maximum Gasteiger partial charge on any atom is 0.265 e. The van der Waals surface area contributed by atoms with Crippen molar-refractivity contribution in [1.29, 1.82) is 0 Å². The predicted octanol–water partition coefficient (Wildman–Crippen LogP) is 3.15. The molecule has 0 saturated heterocycles. The fraction of sp³-hybridized carbons (Fsp3) is 0.143. The van der Waals surface area contributed by atoms with Crippen LogP contribution in [0.1, 0.15) is 5.56 Å². The van der Waals surface area contributed by atoms with E-state index in [1.165, 1.54) is 25.3 Å². The van der Waals surface area contributed by atoms with Crippen molar-refractivity contribution in [1.82, 2.24) is 0 Å². The zero-order chi connectivity index (χ0) is 15.6. The highest BCUT2D eigenvalue weighted by atomic mass is 79.9. The topological polar surface area (TPSA) is 81.4 Å². The molecular formula is C14H15BrN2O3S. The van der Waals surface area contributed by atoms with Gasteiger partial charge in [-0.05, 0) is 42.8 Å². The number of nitrogens with two attached hydrogens (primary N) is 1. The zero-order valence-corrected chi connectivity index (χ0v) is 14.0. The van der Waals surface area contributed by atoms with Crippen LogP contribution in [0.15, 0.2) is 45.8 Å². The van der Waals surface area contributed by atoms with Crippen molar-refractivity contribution in [2.24, 2.45) is 0 Å². The van der Waals surface area contributed by atoms with E-state index in [4.69, 9.17) is 10.5 Å². The van der Waals surface area contributed by atoms with Crippen LogP contribution in [-0.2, 0) is 10.0 Å². The van der Waals surface area contributed by atoms with Crippen LogP contribution < -0.4 is 15.2 Å². The molecule has 5 nitrogen and oxygen atoms in total. The van der Waals surface area contributed by atoms with Crippen molar-refractivity contribution >= 4 is 37.3 Å². The number of rotatable bonds is 4. The second-order valence-electron chi connectivity index (χ2n) is 4.53. The largest absolute Gasteiger partial charge is 0.495 e. The van der Waals surface area contributed by atoms with Crippen LogP contribution in [0.2, 0.25) is 0 Å². The average Bonchev–Trinajstić information content (AvgIpc) is 2.36. The fourth-order valence-corrected chi connectivity index (χ4v) is 3.71. The smallest absolute Gasteiger partial charge is 0.265 e. The first-order chi connectivity index (χ1) is 9.81. The summed E-state index contributed by atoms with van der Waals surface area (Å²) in [5, 5.41) is 0. The SMILES string of the molecule is COc1cc(N)ccc1S(=O)(=O)Nc1cc(C)cc(Br)c1. The highest BCUT2D eigenvalue weighted by molar-refractivity contribution is 9.10. The summed E-state index contributed by atoms with van der Waals surface area (Å²) in [6.07, 6.45) is 0. The summed E-state index contributed by atoms with van der Waals surface area (Å²) in [7, 11) is -2.36. The van der Waals surface area contributed by atoms with E-state index in [1.54, 1.807) is 12.1 Å². The van der Waals surface area contributed by atoms with E-state index in [2.05, 4.69) is 20.7 Å². The second kappa shape index (κ2) is 5.95. The monoisotopic (exact) mass is 370 g/mol. The summed E-state index contributed by atoms with van der Waals surface area (Å²) in [6.45, 7) is 1.88. The molecule has 0 radical (unpaired) electrons. The number of aryl methyl sites for hydroxylation is 1. The van der Waals surface area contributed by atoms with Crippen LogP contribution in [-0.4, -0.2) is 15.5 Å². The van der Waals surface area contributed by atoms with Gasteiger partial charge in [-0.2, -0.15) is 0 Å². The lowest BCUT2D eigenvalue weighted by atomic mass is 10.2. The van der Waals surface area contributed by atoms with Gasteiger partial charge in [0.05, 0.1) is 12.8 Å². The minimum absolute atomic E-state index is 0.0387. The number of methoxy groups -OCH3 is 1. The highest BCUT2D eigenvalue weighted by Gasteiger charge is 2.20. The van der Waals surface area contributed by atoms with Crippen LogP contribution in [0.3, 0.4) is 0 Å². The van der Waals surface area contributed by atoms with Gasteiger partial charge in [-0.25, -0.2) is 8.42 Å². The van der Waals surface area contributed by atoms with Gasteiger partial charge < -0.3 is 10.5 Å². The second-order valence-corrected chi connectivity index (χ2v) is 7.10. The van der Waals surface area contributed by atoms with Gasteiger partial charge in [0.1, 0.15) is 10.6 Å². The molecule has 2 rings (SSSR count). The number of hydrogen-bond donors (Lipinski definition) is 2. The molecule has 2 aromatic rings. The Morgan fingerprint density at radius 3 is 2.52 bits per heavy atom. The number of halogens is 1. The van der Waals surface area contributed by atoms with E-state index in [0.717, 1.165) is 10.0 Å². The highest BCUT2D eigenvalue weighted by Crippen LogP contribution is 2.28. The molecule has 3 N–H and O–H groups in total. The molecular weight excluding hydrogens is 356 g/mol. The molecule has 0 bridgehead atoms. The first kappa shape index (κ1) is 15.7. The standard InChI is InChI=1S/C14H15BrN2O3S/c1-9-5-10(15)7-12(6-9)17-21(18,19)14-4-3-11(16)8-13(14)20-2/h3-8,17H,16H2,1-2H3. The van der Waals surface area contributed by atoms with Crippen LogP contribution in [0, 0.1) is 6.92 Å². The molecule has 0 heterocycles. The van der Waals surface area contributed by atoms with Crippen molar-refractivity contribution in [2.45, 2.75) is 11.8 Å². The van der Waals surface area contributed by atoms with Gasteiger partial charge in [-0.15, -0.1) is 0 Å². The lowest BCUT2D eigenvalue weighted by Gasteiger charge is -2.12. The van der Waals surface area contributed by atoms with Gasteiger partial charge in [0, 0.05) is 16.2 Å². The Bertz CT molecular complexity index is 756. The summed E-state index contributed by atoms with van der Waals surface area (Å²) < 4.78 is 33.4. The molecule has 0 aliphatic heterocycles. The van der Waals surface area contributed by atoms with Crippen molar-refractivity contribution in [3.8, 4) is 5.75 Å². The van der Waals surface area contributed by atoms with Gasteiger partial charge in [0.15, 0.2) is 0 Å². The van der Waals surface area contributed by atoms with Gasteiger partial charge in [0.2, 0.25) is 0 Å². The van der Waals surface area contributed by atoms with Crippen LogP contribution in [0.4, 0.5) is 11.4 Å². The number of sulfonamides is 1. The van der Waals surface area contributed by atoms with Crippen molar-refractivity contribution < 1.29 is 13.2 Å². The zero-order valence-electron chi connectivity index (χ0n) is 11.6. The molecule has 0 spiro atoms. The normalized spacial score (nSPS) is 11.2. The number of benzene rings is 2. The Hall–Kier alpha value is -1.73. The van der Waals surface area contributed by atoms with Crippen molar-refractivity contribution in [2.75, 3.05) is 17.6 Å². The number of hydrogen-bond acceptors (Lipinski definition) is 4. The Morgan fingerprint density at radius 1 is 1.19 bits per heavy atom. The molecule has 112 valence electrons. The van der Waals surface area contributed by atoms with Gasteiger partial charge >= 0.3 is 0 Å². The van der Waals surface area contributed by atoms with Crippen molar-refractivity contribution in [3.63, 3.8) is 0 Å². The molecule has 21 heavy (non-hydrogen) atoms. The summed E-state index contributed by atoms with van der Waals surface area (Å²) in [5.74, 6) is 0.203. The molecule has 0 aliphatic carbocycles. The summed E-state index contributed by atoms with van der Waals surface area (Å²) in [6, 6.07) is 9.73. The first-order valence-corrected chi connectivity index (χ1v) is 8.33. The Balaban J connectivity index is 2.43. The van der Waals surface area contributed by atoms with Gasteiger partial charge in [0.25, 0.3) is 10.0 Å². The molecule has 0 fully saturated rings. The average molecular weight is 371 g/mol. The van der Waals surface area contributed by atoms with Crippen LogP contribution in [0.5, 0.6) is 5.75 Å². The molecule has 0 aromatic heterocycles. The molecule has 0 amide bonds. The minimum atomic E-state index is -3.76. The summed E-state index contributed by atoms with van der Waals surface area (Å²) >= 11 is 3.34. The maximum absolute atomic E-state index is 12.5. The lowest BCUT2D eigenvalue weighted by molar-refractivity contribution is 0.403.